The van der Waals surface area contributed by atoms with Crippen molar-refractivity contribution < 1.29 is 9.21 Å². The van der Waals surface area contributed by atoms with Gasteiger partial charge in [-0.2, -0.15) is 0 Å². The number of aryl methyl sites for hydroxylation is 1. The summed E-state index contributed by atoms with van der Waals surface area (Å²) in [4.78, 5) is 12.2. The van der Waals surface area contributed by atoms with Crippen molar-refractivity contribution in [1.29, 1.82) is 0 Å². The van der Waals surface area contributed by atoms with Gasteiger partial charge >= 0.3 is 0 Å². The molecule has 2 aliphatic rings. The monoisotopic (exact) mass is 204 g/mol. The molecule has 2 aliphatic carbocycles. The number of furan rings is 1. The Balaban J connectivity index is 1.81. The molecule has 0 aromatic carbocycles. The zero-order valence-corrected chi connectivity index (χ0v) is 9.03. The molecule has 0 aliphatic heterocycles. The molecule has 2 nitrogen and oxygen atoms in total. The van der Waals surface area contributed by atoms with Crippen molar-refractivity contribution in [3.63, 3.8) is 0 Å². The van der Waals surface area contributed by atoms with Crippen LogP contribution in [0.1, 0.15) is 41.8 Å². The van der Waals surface area contributed by atoms with E-state index in [2.05, 4.69) is 0 Å². The summed E-state index contributed by atoms with van der Waals surface area (Å²) in [6, 6.07) is 1.87. The summed E-state index contributed by atoms with van der Waals surface area (Å²) in [6.45, 7) is 1.89. The summed E-state index contributed by atoms with van der Waals surface area (Å²) < 4.78 is 5.20. The van der Waals surface area contributed by atoms with Gasteiger partial charge in [0, 0.05) is 5.92 Å². The number of fused-ring (bicyclic) bond motifs is 2. The highest BCUT2D eigenvalue weighted by Crippen LogP contribution is 2.49. The Morgan fingerprint density at radius 1 is 1.40 bits per heavy atom. The average molecular weight is 204 g/mol. The Kier molecular flexibility index (Phi) is 1.98. The van der Waals surface area contributed by atoms with E-state index in [1.54, 1.807) is 6.26 Å². The van der Waals surface area contributed by atoms with Gasteiger partial charge in [-0.25, -0.2) is 0 Å². The van der Waals surface area contributed by atoms with Gasteiger partial charge in [0.2, 0.25) is 0 Å². The quantitative estimate of drug-likeness (QED) is 0.692. The van der Waals surface area contributed by atoms with Crippen molar-refractivity contribution >= 4 is 5.78 Å². The predicted octanol–water partition coefficient (Wildman–Crippen LogP) is 3.21. The molecule has 3 rings (SSSR count). The lowest BCUT2D eigenvalue weighted by atomic mass is 9.84. The number of ketones is 1. The molecule has 0 N–H and O–H groups in total. The lowest BCUT2D eigenvalue weighted by Crippen LogP contribution is -2.20. The molecule has 0 spiro atoms. The lowest BCUT2D eigenvalue weighted by Gasteiger charge is -2.19. The molecule has 80 valence electrons. The van der Waals surface area contributed by atoms with E-state index in [0.29, 0.717) is 17.6 Å². The van der Waals surface area contributed by atoms with Crippen molar-refractivity contribution in [2.75, 3.05) is 0 Å². The molecule has 15 heavy (non-hydrogen) atoms. The van der Waals surface area contributed by atoms with Gasteiger partial charge in [0.05, 0.1) is 5.56 Å². The summed E-state index contributed by atoms with van der Waals surface area (Å²) in [6.07, 6.45) is 6.63. The molecule has 1 aromatic rings. The second-order valence-electron chi connectivity index (χ2n) is 5.09. The first kappa shape index (κ1) is 9.20. The molecule has 3 unspecified atom stereocenters. The summed E-state index contributed by atoms with van der Waals surface area (Å²) in [7, 11) is 0. The van der Waals surface area contributed by atoms with E-state index in [1.807, 2.05) is 13.0 Å². The Bertz CT molecular complexity index is 391. The fraction of sp³-hybridized carbons (Fsp3) is 0.615. The minimum Gasteiger partial charge on any atom is -0.469 e. The van der Waals surface area contributed by atoms with Crippen molar-refractivity contribution in [2.45, 2.75) is 32.6 Å². The summed E-state index contributed by atoms with van der Waals surface area (Å²) in [5.41, 5.74) is 0.782. The SMILES string of the molecule is Cc1cc(C(=O)C2CC3CCC2C3)co1. The third-order valence-corrected chi connectivity index (χ3v) is 4.09. The van der Waals surface area contributed by atoms with Crippen LogP contribution in [-0.4, -0.2) is 5.78 Å². The first-order chi connectivity index (χ1) is 7.24. The van der Waals surface area contributed by atoms with Crippen LogP contribution in [0.2, 0.25) is 0 Å². The molecule has 2 fully saturated rings. The molecule has 0 amide bonds. The van der Waals surface area contributed by atoms with Crippen LogP contribution in [0.4, 0.5) is 0 Å². The zero-order valence-electron chi connectivity index (χ0n) is 9.03. The zero-order chi connectivity index (χ0) is 10.4. The number of carbonyl (C=O) groups excluding carboxylic acids is 1. The molecule has 2 bridgehead atoms. The Morgan fingerprint density at radius 2 is 2.27 bits per heavy atom. The molecule has 0 radical (unpaired) electrons. The number of rotatable bonds is 2. The molecule has 2 heteroatoms. The lowest BCUT2D eigenvalue weighted by molar-refractivity contribution is 0.0874. The highest BCUT2D eigenvalue weighted by Gasteiger charge is 2.43. The molecule has 1 aromatic heterocycles. The Morgan fingerprint density at radius 3 is 2.80 bits per heavy atom. The van der Waals surface area contributed by atoms with E-state index < -0.39 is 0 Å². The third-order valence-electron chi connectivity index (χ3n) is 4.09. The van der Waals surface area contributed by atoms with Crippen molar-refractivity contribution in [3.05, 3.63) is 23.7 Å². The van der Waals surface area contributed by atoms with Gasteiger partial charge in [0.15, 0.2) is 5.78 Å². The van der Waals surface area contributed by atoms with Gasteiger partial charge in [0.25, 0.3) is 0 Å². The van der Waals surface area contributed by atoms with Crippen molar-refractivity contribution in [1.82, 2.24) is 0 Å². The highest BCUT2D eigenvalue weighted by molar-refractivity contribution is 5.98. The number of hydrogen-bond donors (Lipinski definition) is 0. The normalized spacial score (nSPS) is 33.5. The van der Waals surface area contributed by atoms with E-state index in [1.165, 1.54) is 19.3 Å². The molecule has 2 saturated carbocycles. The van der Waals surface area contributed by atoms with Crippen molar-refractivity contribution in [2.24, 2.45) is 17.8 Å². The van der Waals surface area contributed by atoms with E-state index >= 15 is 0 Å². The fourth-order valence-corrected chi connectivity index (χ4v) is 3.35. The molecule has 3 atom stereocenters. The molecule has 0 saturated heterocycles. The summed E-state index contributed by atoms with van der Waals surface area (Å²) in [5.74, 6) is 2.94. The van der Waals surface area contributed by atoms with Crippen LogP contribution in [0.25, 0.3) is 0 Å². The topological polar surface area (TPSA) is 30.2 Å². The van der Waals surface area contributed by atoms with E-state index in [4.69, 9.17) is 4.42 Å². The first-order valence-corrected chi connectivity index (χ1v) is 5.83. The van der Waals surface area contributed by atoms with Crippen LogP contribution >= 0.6 is 0 Å². The Hall–Kier alpha value is -1.05. The van der Waals surface area contributed by atoms with Crippen LogP contribution in [0.15, 0.2) is 16.7 Å². The maximum absolute atomic E-state index is 12.2. The van der Waals surface area contributed by atoms with Gasteiger partial charge in [-0.05, 0) is 44.1 Å². The Labute approximate surface area is 89.7 Å². The van der Waals surface area contributed by atoms with Crippen molar-refractivity contribution in [3.8, 4) is 0 Å². The summed E-state index contributed by atoms with van der Waals surface area (Å²) in [5, 5.41) is 0. The number of carbonyl (C=O) groups is 1. The van der Waals surface area contributed by atoms with Gasteiger partial charge in [-0.3, -0.25) is 4.79 Å². The second kappa shape index (κ2) is 3.22. The first-order valence-electron chi connectivity index (χ1n) is 5.83. The van der Waals surface area contributed by atoms with Gasteiger partial charge in [0.1, 0.15) is 12.0 Å². The van der Waals surface area contributed by atoms with Gasteiger partial charge in [-0.15, -0.1) is 0 Å². The van der Waals surface area contributed by atoms with Crippen LogP contribution in [0.3, 0.4) is 0 Å². The van der Waals surface area contributed by atoms with Gasteiger partial charge in [-0.1, -0.05) is 6.42 Å². The predicted molar refractivity (Wildman–Crippen MR) is 56.7 cm³/mol. The summed E-state index contributed by atoms with van der Waals surface area (Å²) >= 11 is 0. The molecular formula is C13H16O2. The highest BCUT2D eigenvalue weighted by atomic mass is 16.3. The standard InChI is InChI=1S/C13H16O2/c1-8-4-11(7-15-8)13(14)12-6-9-2-3-10(12)5-9/h4,7,9-10,12H,2-3,5-6H2,1H3. The molecule has 1 heterocycles. The van der Waals surface area contributed by atoms with Crippen LogP contribution in [0, 0.1) is 24.7 Å². The minimum atomic E-state index is 0.292. The molecular weight excluding hydrogens is 188 g/mol. The van der Waals surface area contributed by atoms with E-state index in [-0.39, 0.29) is 0 Å². The van der Waals surface area contributed by atoms with Gasteiger partial charge < -0.3 is 4.42 Å². The van der Waals surface area contributed by atoms with Crippen LogP contribution < -0.4 is 0 Å². The largest absolute Gasteiger partial charge is 0.469 e. The maximum Gasteiger partial charge on any atom is 0.169 e. The van der Waals surface area contributed by atoms with Crippen LogP contribution in [0.5, 0.6) is 0 Å². The number of Topliss-reactive ketones (excluding diaryl/α,β-unsaturated/α-hetero) is 1. The average Bonchev–Trinajstić information content (AvgIpc) is 2.90. The third kappa shape index (κ3) is 1.43. The maximum atomic E-state index is 12.2. The second-order valence-corrected chi connectivity index (χ2v) is 5.09. The smallest absolute Gasteiger partial charge is 0.169 e. The van der Waals surface area contributed by atoms with E-state index in [0.717, 1.165) is 23.7 Å². The van der Waals surface area contributed by atoms with E-state index in [9.17, 15) is 4.79 Å². The fourth-order valence-electron chi connectivity index (χ4n) is 3.35. The van der Waals surface area contributed by atoms with Crippen LogP contribution in [-0.2, 0) is 0 Å². The number of hydrogen-bond acceptors (Lipinski definition) is 2. The minimum absolute atomic E-state index is 0.292.